The normalized spacial score (nSPS) is 10.7. The van der Waals surface area contributed by atoms with Crippen LogP contribution in [0, 0.1) is 12.7 Å². The van der Waals surface area contributed by atoms with E-state index in [1.807, 2.05) is 6.07 Å². The second kappa shape index (κ2) is 7.67. The predicted molar refractivity (Wildman–Crippen MR) is 95.2 cm³/mol. The maximum atomic E-state index is 13.5. The number of carbonyl (C=O) groups is 1. The molecule has 5 nitrogen and oxygen atoms in total. The molecule has 2 aromatic carbocycles. The number of thioether (sulfide) groups is 1. The van der Waals surface area contributed by atoms with Crippen molar-refractivity contribution in [2.45, 2.75) is 12.1 Å². The molecule has 0 spiro atoms. The summed E-state index contributed by atoms with van der Waals surface area (Å²) in [6, 6.07) is 11.6. The summed E-state index contributed by atoms with van der Waals surface area (Å²) >= 11 is 7.17. The molecule has 1 N–H and O–H groups in total. The summed E-state index contributed by atoms with van der Waals surface area (Å²) in [5.74, 6) is -0.328. The second-order valence-electron chi connectivity index (χ2n) is 5.15. The van der Waals surface area contributed by atoms with Crippen LogP contribution in [0.5, 0.6) is 0 Å². The Morgan fingerprint density at radius 3 is 2.84 bits per heavy atom. The van der Waals surface area contributed by atoms with Gasteiger partial charge in [-0.05, 0) is 36.8 Å². The Morgan fingerprint density at radius 2 is 2.08 bits per heavy atom. The molecule has 0 aliphatic carbocycles. The molecule has 8 heteroatoms. The van der Waals surface area contributed by atoms with Crippen molar-refractivity contribution in [1.29, 1.82) is 0 Å². The first-order valence-corrected chi connectivity index (χ1v) is 8.66. The summed E-state index contributed by atoms with van der Waals surface area (Å²) in [6.45, 7) is 1.66. The lowest BCUT2D eigenvalue weighted by atomic mass is 10.2. The van der Waals surface area contributed by atoms with Crippen LogP contribution in [0.2, 0.25) is 5.02 Å². The van der Waals surface area contributed by atoms with Crippen molar-refractivity contribution in [3.05, 3.63) is 58.9 Å². The summed E-state index contributed by atoms with van der Waals surface area (Å²) in [6.07, 6.45) is 0. The Balaban J connectivity index is 1.59. The minimum Gasteiger partial charge on any atom is -0.411 e. The monoisotopic (exact) mass is 377 g/mol. The van der Waals surface area contributed by atoms with Gasteiger partial charge in [0.2, 0.25) is 11.8 Å². The van der Waals surface area contributed by atoms with Crippen molar-refractivity contribution < 1.29 is 13.6 Å². The molecule has 128 valence electrons. The van der Waals surface area contributed by atoms with Crippen LogP contribution < -0.4 is 5.32 Å². The van der Waals surface area contributed by atoms with Gasteiger partial charge in [-0.1, -0.05) is 41.6 Å². The Hall–Kier alpha value is -2.38. The summed E-state index contributed by atoms with van der Waals surface area (Å²) in [5.41, 5.74) is 1.55. The Bertz CT molecular complexity index is 916. The van der Waals surface area contributed by atoms with E-state index >= 15 is 0 Å². The fraction of sp³-hybridized carbons (Fsp3) is 0.118. The van der Waals surface area contributed by atoms with Gasteiger partial charge in [0, 0.05) is 5.69 Å². The predicted octanol–water partition coefficient (Wildman–Crippen LogP) is 4.57. The molecule has 0 bridgehead atoms. The van der Waals surface area contributed by atoms with E-state index in [0.29, 0.717) is 21.8 Å². The van der Waals surface area contributed by atoms with Gasteiger partial charge in [-0.25, -0.2) is 4.39 Å². The molecule has 0 radical (unpaired) electrons. The lowest BCUT2D eigenvalue weighted by Crippen LogP contribution is -2.14. The standard InChI is InChI=1S/C17H13ClFN3O2S/c1-10-6-7-11(8-14(10)19)20-15(23)9-25-17-22-21-16(24-17)12-4-2-3-5-13(12)18/h2-8H,9H2,1H3,(H,20,23). The Morgan fingerprint density at radius 1 is 1.28 bits per heavy atom. The Kier molecular flexibility index (Phi) is 5.35. The van der Waals surface area contributed by atoms with Crippen molar-refractivity contribution in [3.63, 3.8) is 0 Å². The first-order valence-electron chi connectivity index (χ1n) is 7.30. The first kappa shape index (κ1) is 17.4. The molecule has 3 rings (SSSR count). The Labute approximate surface area is 152 Å². The third kappa shape index (κ3) is 4.37. The number of benzene rings is 2. The van der Waals surface area contributed by atoms with Crippen molar-refractivity contribution in [2.24, 2.45) is 0 Å². The van der Waals surface area contributed by atoms with E-state index in [1.165, 1.54) is 6.07 Å². The van der Waals surface area contributed by atoms with Crippen LogP contribution in [0.15, 0.2) is 52.1 Å². The van der Waals surface area contributed by atoms with Gasteiger partial charge < -0.3 is 9.73 Å². The third-order valence-electron chi connectivity index (χ3n) is 3.29. The highest BCUT2D eigenvalue weighted by Gasteiger charge is 2.13. The molecule has 0 fully saturated rings. The maximum Gasteiger partial charge on any atom is 0.277 e. The molecule has 0 saturated heterocycles. The lowest BCUT2D eigenvalue weighted by Gasteiger charge is -2.05. The van der Waals surface area contributed by atoms with Gasteiger partial charge in [-0.2, -0.15) is 0 Å². The molecular weight excluding hydrogens is 365 g/mol. The number of anilines is 1. The molecule has 0 unspecified atom stereocenters. The van der Waals surface area contributed by atoms with Crippen LogP contribution >= 0.6 is 23.4 Å². The topological polar surface area (TPSA) is 68.0 Å². The van der Waals surface area contributed by atoms with Crippen LogP contribution in [0.1, 0.15) is 5.56 Å². The molecule has 25 heavy (non-hydrogen) atoms. The van der Waals surface area contributed by atoms with E-state index in [2.05, 4.69) is 15.5 Å². The van der Waals surface area contributed by atoms with Crippen molar-refractivity contribution in [3.8, 4) is 11.5 Å². The zero-order valence-corrected chi connectivity index (χ0v) is 14.7. The minimum absolute atomic E-state index is 0.0552. The van der Waals surface area contributed by atoms with Crippen LogP contribution in [0.4, 0.5) is 10.1 Å². The summed E-state index contributed by atoms with van der Waals surface area (Å²) in [5, 5.41) is 11.2. The molecule has 0 aliphatic heterocycles. The maximum absolute atomic E-state index is 13.5. The highest BCUT2D eigenvalue weighted by Crippen LogP contribution is 2.28. The van der Waals surface area contributed by atoms with Crippen LogP contribution in [0.3, 0.4) is 0 Å². The van der Waals surface area contributed by atoms with Gasteiger partial charge >= 0.3 is 0 Å². The van der Waals surface area contributed by atoms with E-state index in [1.54, 1.807) is 37.3 Å². The van der Waals surface area contributed by atoms with Crippen molar-refractivity contribution in [1.82, 2.24) is 10.2 Å². The molecular formula is C17H13ClFN3O2S. The molecule has 1 aromatic heterocycles. The number of hydrogen-bond donors (Lipinski definition) is 1. The SMILES string of the molecule is Cc1ccc(NC(=O)CSc2nnc(-c3ccccc3Cl)o2)cc1F. The van der Waals surface area contributed by atoms with Crippen LogP contribution in [-0.4, -0.2) is 21.9 Å². The minimum atomic E-state index is -0.369. The van der Waals surface area contributed by atoms with E-state index in [0.717, 1.165) is 11.8 Å². The molecule has 0 atom stereocenters. The zero-order chi connectivity index (χ0) is 17.8. The van der Waals surface area contributed by atoms with Crippen LogP contribution in [0.25, 0.3) is 11.5 Å². The van der Waals surface area contributed by atoms with E-state index in [4.69, 9.17) is 16.0 Å². The number of amides is 1. The van der Waals surface area contributed by atoms with Gasteiger partial charge in [-0.15, -0.1) is 10.2 Å². The van der Waals surface area contributed by atoms with Crippen molar-refractivity contribution in [2.75, 3.05) is 11.1 Å². The molecule has 3 aromatic rings. The van der Waals surface area contributed by atoms with Gasteiger partial charge in [-0.3, -0.25) is 4.79 Å². The van der Waals surface area contributed by atoms with E-state index in [-0.39, 0.29) is 28.6 Å². The number of aromatic nitrogens is 2. The van der Waals surface area contributed by atoms with Gasteiger partial charge in [0.25, 0.3) is 5.22 Å². The van der Waals surface area contributed by atoms with Gasteiger partial charge in [0.05, 0.1) is 16.3 Å². The largest absolute Gasteiger partial charge is 0.411 e. The van der Waals surface area contributed by atoms with Gasteiger partial charge in [0.1, 0.15) is 5.82 Å². The molecule has 0 saturated carbocycles. The fourth-order valence-electron chi connectivity index (χ4n) is 2.01. The smallest absolute Gasteiger partial charge is 0.277 e. The van der Waals surface area contributed by atoms with E-state index in [9.17, 15) is 9.18 Å². The number of nitrogens with one attached hydrogen (secondary N) is 1. The second-order valence-corrected chi connectivity index (χ2v) is 6.49. The summed E-state index contributed by atoms with van der Waals surface area (Å²) in [7, 11) is 0. The number of aryl methyl sites for hydroxylation is 1. The van der Waals surface area contributed by atoms with Crippen molar-refractivity contribution >= 4 is 35.0 Å². The quantitative estimate of drug-likeness (QED) is 0.660. The molecule has 0 aliphatic rings. The summed E-state index contributed by atoms with van der Waals surface area (Å²) in [4.78, 5) is 11.9. The van der Waals surface area contributed by atoms with E-state index < -0.39 is 0 Å². The number of nitrogens with zero attached hydrogens (tertiary/aromatic N) is 2. The molecule has 1 amide bonds. The van der Waals surface area contributed by atoms with Gasteiger partial charge in [0.15, 0.2) is 0 Å². The number of carbonyl (C=O) groups excluding carboxylic acids is 1. The highest BCUT2D eigenvalue weighted by atomic mass is 35.5. The average molecular weight is 378 g/mol. The number of rotatable bonds is 5. The first-order chi connectivity index (χ1) is 12.0. The fourth-order valence-corrected chi connectivity index (χ4v) is 2.79. The zero-order valence-electron chi connectivity index (χ0n) is 13.1. The number of hydrogen-bond acceptors (Lipinski definition) is 5. The molecule has 1 heterocycles. The average Bonchev–Trinajstić information content (AvgIpc) is 3.05. The lowest BCUT2D eigenvalue weighted by molar-refractivity contribution is -0.113. The summed E-state index contributed by atoms with van der Waals surface area (Å²) < 4.78 is 19.0. The number of halogens is 2. The third-order valence-corrected chi connectivity index (χ3v) is 4.44. The van der Waals surface area contributed by atoms with Crippen LogP contribution in [-0.2, 0) is 4.79 Å². The highest BCUT2D eigenvalue weighted by molar-refractivity contribution is 7.99.